The number of aryl methyl sites for hydroxylation is 1. The first-order chi connectivity index (χ1) is 16.0. The second-order valence-corrected chi connectivity index (χ2v) is 11.1. The number of hydrogen-bond donors (Lipinski definition) is 2. The predicted molar refractivity (Wildman–Crippen MR) is 138 cm³/mol. The van der Waals surface area contributed by atoms with Gasteiger partial charge in [-0.05, 0) is 74.9 Å². The Morgan fingerprint density at radius 3 is 2.50 bits per heavy atom. The first kappa shape index (κ1) is 24.0. The van der Waals surface area contributed by atoms with E-state index in [9.17, 15) is 18.0 Å². The van der Waals surface area contributed by atoms with Crippen LogP contribution in [-0.2, 0) is 10.0 Å². The van der Waals surface area contributed by atoms with Gasteiger partial charge in [0.1, 0.15) is 4.90 Å². The molecule has 7 nitrogen and oxygen atoms in total. The van der Waals surface area contributed by atoms with Crippen molar-refractivity contribution >= 4 is 60.5 Å². The lowest BCUT2D eigenvalue weighted by Crippen LogP contribution is -2.16. The van der Waals surface area contributed by atoms with Crippen molar-refractivity contribution in [1.29, 1.82) is 0 Å². The highest BCUT2D eigenvalue weighted by molar-refractivity contribution is 7.92. The summed E-state index contributed by atoms with van der Waals surface area (Å²) < 4.78 is 30.8. The topological polar surface area (TPSA) is 97.3 Å². The number of halogens is 1. The fraction of sp³-hybridized carbons (Fsp3) is 0.167. The molecule has 4 aromatic rings. The van der Waals surface area contributed by atoms with Crippen LogP contribution in [0.5, 0.6) is 0 Å². The van der Waals surface area contributed by atoms with Crippen molar-refractivity contribution in [1.82, 2.24) is 4.57 Å². The van der Waals surface area contributed by atoms with E-state index in [-0.39, 0.29) is 26.4 Å². The van der Waals surface area contributed by atoms with Crippen LogP contribution in [0, 0.1) is 6.92 Å². The summed E-state index contributed by atoms with van der Waals surface area (Å²) in [7, 11) is -4.03. The highest BCUT2D eigenvalue weighted by Crippen LogP contribution is 2.27. The van der Waals surface area contributed by atoms with Crippen LogP contribution in [0.3, 0.4) is 0 Å². The number of thiazole rings is 1. The first-order valence-corrected chi connectivity index (χ1v) is 13.1. The lowest BCUT2D eigenvalue weighted by atomic mass is 10.2. The lowest BCUT2D eigenvalue weighted by molar-refractivity contribution is 0.102. The van der Waals surface area contributed by atoms with E-state index in [0.717, 1.165) is 27.1 Å². The van der Waals surface area contributed by atoms with Crippen LogP contribution >= 0.6 is 22.9 Å². The molecule has 0 saturated carbocycles. The largest absolute Gasteiger partial charge is 0.322 e. The van der Waals surface area contributed by atoms with Crippen molar-refractivity contribution < 1.29 is 13.2 Å². The average molecular weight is 516 g/mol. The Morgan fingerprint density at radius 1 is 1.03 bits per heavy atom. The molecule has 0 aliphatic rings. The minimum atomic E-state index is -4.03. The molecule has 2 N–H and O–H groups in total. The predicted octanol–water partition coefficient (Wildman–Crippen LogP) is 5.66. The van der Waals surface area contributed by atoms with Gasteiger partial charge in [-0.2, -0.15) is 0 Å². The maximum atomic E-state index is 12.9. The van der Waals surface area contributed by atoms with E-state index in [1.807, 2.05) is 26.8 Å². The van der Waals surface area contributed by atoms with Crippen molar-refractivity contribution in [2.75, 3.05) is 10.0 Å². The first-order valence-electron chi connectivity index (χ1n) is 10.4. The minimum Gasteiger partial charge on any atom is -0.322 e. The van der Waals surface area contributed by atoms with Crippen LogP contribution in [0.15, 0.2) is 70.4 Å². The van der Waals surface area contributed by atoms with Crippen LogP contribution in [-0.4, -0.2) is 18.9 Å². The zero-order valence-electron chi connectivity index (χ0n) is 18.6. The average Bonchev–Trinajstić information content (AvgIpc) is 3.08. The fourth-order valence-electron chi connectivity index (χ4n) is 3.58. The Bertz CT molecular complexity index is 1570. The molecule has 0 atom stereocenters. The molecule has 0 spiro atoms. The maximum Gasteiger partial charge on any atom is 0.308 e. The van der Waals surface area contributed by atoms with E-state index in [1.54, 1.807) is 41.0 Å². The molecule has 3 aromatic carbocycles. The Kier molecular flexibility index (Phi) is 6.53. The summed E-state index contributed by atoms with van der Waals surface area (Å²) in [5, 5.41) is 2.76. The van der Waals surface area contributed by atoms with Crippen LogP contribution in [0.25, 0.3) is 10.2 Å². The zero-order valence-corrected chi connectivity index (χ0v) is 21.0. The summed E-state index contributed by atoms with van der Waals surface area (Å²) in [6.07, 6.45) is 0. The number of sulfonamides is 1. The van der Waals surface area contributed by atoms with Crippen molar-refractivity contribution in [3.05, 3.63) is 86.5 Å². The molecular weight excluding hydrogens is 494 g/mol. The molecule has 1 heterocycles. The number of nitrogens with one attached hydrogen (secondary N) is 2. The molecule has 0 fully saturated rings. The molecule has 0 aliphatic heterocycles. The second kappa shape index (κ2) is 9.25. The Balaban J connectivity index is 1.61. The molecular formula is C24H22ClN3O4S2. The summed E-state index contributed by atoms with van der Waals surface area (Å²) >= 11 is 7.27. The van der Waals surface area contributed by atoms with E-state index < -0.39 is 15.9 Å². The van der Waals surface area contributed by atoms with Crippen molar-refractivity contribution in [3.8, 4) is 0 Å². The van der Waals surface area contributed by atoms with E-state index in [1.165, 1.54) is 18.2 Å². The maximum absolute atomic E-state index is 12.9. The third-order valence-electron chi connectivity index (χ3n) is 5.14. The molecule has 0 unspecified atom stereocenters. The standard InChI is InChI=1S/C24H22ClN3O4S2/c1-14(2)28-20-10-8-17(13-21(20)33-24(28)30)26-23(29)16-7-9-19(25)22(12-16)34(31,32)27-18-6-4-5-15(3)11-18/h4-14,27H,1-3H3,(H,26,29). The van der Waals surface area contributed by atoms with Gasteiger partial charge in [0.15, 0.2) is 0 Å². The number of carbonyl (C=O) groups is 1. The second-order valence-electron chi connectivity index (χ2n) is 8.09. The van der Waals surface area contributed by atoms with Gasteiger partial charge in [0, 0.05) is 23.0 Å². The molecule has 0 saturated heterocycles. The van der Waals surface area contributed by atoms with Gasteiger partial charge in [-0.15, -0.1) is 0 Å². The van der Waals surface area contributed by atoms with Gasteiger partial charge < -0.3 is 5.32 Å². The molecule has 4 rings (SSSR count). The molecule has 10 heteroatoms. The van der Waals surface area contributed by atoms with Crippen LogP contribution in [0.4, 0.5) is 11.4 Å². The molecule has 0 bridgehead atoms. The monoisotopic (exact) mass is 515 g/mol. The van der Waals surface area contributed by atoms with Gasteiger partial charge in [-0.1, -0.05) is 35.1 Å². The molecule has 34 heavy (non-hydrogen) atoms. The lowest BCUT2D eigenvalue weighted by Gasteiger charge is -2.12. The zero-order chi connectivity index (χ0) is 24.6. The molecule has 176 valence electrons. The number of carbonyl (C=O) groups excluding carboxylic acids is 1. The van der Waals surface area contributed by atoms with Gasteiger partial charge in [-0.25, -0.2) is 8.42 Å². The number of hydrogen-bond acceptors (Lipinski definition) is 5. The van der Waals surface area contributed by atoms with Gasteiger partial charge >= 0.3 is 4.87 Å². The van der Waals surface area contributed by atoms with Crippen molar-refractivity contribution in [2.24, 2.45) is 0 Å². The number of aromatic nitrogens is 1. The quantitative estimate of drug-likeness (QED) is 0.346. The fourth-order valence-corrected chi connectivity index (χ4v) is 6.20. The summed E-state index contributed by atoms with van der Waals surface area (Å²) in [5.74, 6) is -0.501. The third-order valence-corrected chi connectivity index (χ3v) is 7.92. The summed E-state index contributed by atoms with van der Waals surface area (Å²) in [5.41, 5.74) is 2.70. The van der Waals surface area contributed by atoms with Crippen LogP contribution in [0.1, 0.15) is 35.8 Å². The SMILES string of the molecule is Cc1cccc(NS(=O)(=O)c2cc(C(=O)Nc3ccc4c(c3)sc(=O)n4C(C)C)ccc2Cl)c1. The normalized spacial score (nSPS) is 11.7. The van der Waals surface area contributed by atoms with Gasteiger partial charge in [0.25, 0.3) is 15.9 Å². The van der Waals surface area contributed by atoms with Crippen LogP contribution < -0.4 is 14.9 Å². The third kappa shape index (κ3) is 4.86. The molecule has 1 aromatic heterocycles. The van der Waals surface area contributed by atoms with Gasteiger partial charge in [0.05, 0.1) is 15.2 Å². The molecule has 1 amide bonds. The highest BCUT2D eigenvalue weighted by Gasteiger charge is 2.21. The Morgan fingerprint density at radius 2 is 1.79 bits per heavy atom. The smallest absolute Gasteiger partial charge is 0.308 e. The highest BCUT2D eigenvalue weighted by atomic mass is 35.5. The molecule has 0 aliphatic carbocycles. The number of benzene rings is 3. The van der Waals surface area contributed by atoms with Crippen LogP contribution in [0.2, 0.25) is 5.02 Å². The van der Waals surface area contributed by atoms with E-state index >= 15 is 0 Å². The van der Waals surface area contributed by atoms with Gasteiger partial charge in [0.2, 0.25) is 0 Å². The van der Waals surface area contributed by atoms with E-state index in [2.05, 4.69) is 10.0 Å². The Hall–Kier alpha value is -3.14. The molecule has 0 radical (unpaired) electrons. The minimum absolute atomic E-state index is 0.00192. The summed E-state index contributed by atoms with van der Waals surface area (Å²) in [6.45, 7) is 5.72. The summed E-state index contributed by atoms with van der Waals surface area (Å²) in [6, 6.07) is 16.2. The number of anilines is 2. The number of nitrogens with zero attached hydrogens (tertiary/aromatic N) is 1. The van der Waals surface area contributed by atoms with Crippen molar-refractivity contribution in [3.63, 3.8) is 0 Å². The van der Waals surface area contributed by atoms with Gasteiger partial charge in [-0.3, -0.25) is 18.9 Å². The van der Waals surface area contributed by atoms with E-state index in [4.69, 9.17) is 11.6 Å². The Labute approximate surface area is 206 Å². The number of fused-ring (bicyclic) bond motifs is 1. The number of amides is 1. The van der Waals surface area contributed by atoms with E-state index in [0.29, 0.717) is 11.4 Å². The number of rotatable bonds is 6. The van der Waals surface area contributed by atoms with Crippen molar-refractivity contribution in [2.45, 2.75) is 31.7 Å². The summed E-state index contributed by atoms with van der Waals surface area (Å²) in [4.78, 5) is 24.9.